The number of nitrogens with one attached hydrogen (secondary N) is 1. The molecule has 2 N–H and O–H groups in total. The van der Waals surface area contributed by atoms with Gasteiger partial charge in [0.2, 0.25) is 5.91 Å². The van der Waals surface area contributed by atoms with Crippen molar-refractivity contribution in [1.29, 1.82) is 0 Å². The summed E-state index contributed by atoms with van der Waals surface area (Å²) in [5, 5.41) is 11.6. The van der Waals surface area contributed by atoms with Crippen molar-refractivity contribution in [3.05, 3.63) is 0 Å². The molecule has 1 aliphatic carbocycles. The molecule has 0 aromatic heterocycles. The fourth-order valence-corrected chi connectivity index (χ4v) is 2.22. The van der Waals surface area contributed by atoms with Crippen LogP contribution < -0.4 is 5.32 Å². The van der Waals surface area contributed by atoms with Gasteiger partial charge in [-0.3, -0.25) is 4.79 Å². The molecule has 0 saturated heterocycles. The van der Waals surface area contributed by atoms with E-state index < -0.39 is 23.9 Å². The quantitative estimate of drug-likeness (QED) is 0.805. The lowest BCUT2D eigenvalue weighted by atomic mass is 9.74. The van der Waals surface area contributed by atoms with E-state index in [1.165, 1.54) is 0 Å². The molecule has 0 spiro atoms. The molecule has 0 aromatic carbocycles. The van der Waals surface area contributed by atoms with Crippen LogP contribution >= 0.6 is 0 Å². The zero-order chi connectivity index (χ0) is 12.9. The van der Waals surface area contributed by atoms with E-state index in [1.807, 2.05) is 0 Å². The molecule has 100 valence electrons. The van der Waals surface area contributed by atoms with Crippen molar-refractivity contribution >= 4 is 5.91 Å². The molecule has 0 aromatic rings. The van der Waals surface area contributed by atoms with Crippen LogP contribution in [0.3, 0.4) is 0 Å². The van der Waals surface area contributed by atoms with Crippen molar-refractivity contribution < 1.29 is 23.1 Å². The Balaban J connectivity index is 2.39. The van der Waals surface area contributed by atoms with Gasteiger partial charge < -0.3 is 10.4 Å². The Bertz CT molecular complexity index is 260. The SMILES string of the molecule is O=C(CC(F)(F)F)NCC1(CO)CCCCC1. The second-order valence-corrected chi connectivity index (χ2v) is 4.79. The summed E-state index contributed by atoms with van der Waals surface area (Å²) in [6.45, 7) is 0.0533. The van der Waals surface area contributed by atoms with Crippen LogP contribution in [0, 0.1) is 5.41 Å². The number of amides is 1. The van der Waals surface area contributed by atoms with Crippen LogP contribution in [-0.4, -0.2) is 30.3 Å². The van der Waals surface area contributed by atoms with E-state index in [0.717, 1.165) is 32.1 Å². The van der Waals surface area contributed by atoms with Gasteiger partial charge in [0.15, 0.2) is 0 Å². The van der Waals surface area contributed by atoms with Gasteiger partial charge in [-0.05, 0) is 12.8 Å². The highest BCUT2D eigenvalue weighted by Crippen LogP contribution is 2.35. The summed E-state index contributed by atoms with van der Waals surface area (Å²) in [6.07, 6.45) is -1.41. The van der Waals surface area contributed by atoms with Crippen molar-refractivity contribution in [3.8, 4) is 0 Å². The van der Waals surface area contributed by atoms with Gasteiger partial charge in [0.1, 0.15) is 6.42 Å². The van der Waals surface area contributed by atoms with E-state index in [4.69, 9.17) is 0 Å². The molecule has 3 nitrogen and oxygen atoms in total. The van der Waals surface area contributed by atoms with Crippen LogP contribution in [0.1, 0.15) is 38.5 Å². The van der Waals surface area contributed by atoms with Gasteiger partial charge in [0, 0.05) is 12.0 Å². The summed E-state index contributed by atoms with van der Waals surface area (Å²) in [4.78, 5) is 11.0. The Hall–Kier alpha value is -0.780. The number of halogens is 3. The fourth-order valence-electron chi connectivity index (χ4n) is 2.22. The zero-order valence-electron chi connectivity index (χ0n) is 9.65. The van der Waals surface area contributed by atoms with Crippen molar-refractivity contribution in [2.75, 3.05) is 13.2 Å². The second kappa shape index (κ2) is 5.71. The minimum Gasteiger partial charge on any atom is -0.396 e. The average molecular weight is 253 g/mol. The van der Waals surface area contributed by atoms with Crippen molar-refractivity contribution in [3.63, 3.8) is 0 Å². The molecule has 0 radical (unpaired) electrons. The zero-order valence-corrected chi connectivity index (χ0v) is 9.65. The predicted octanol–water partition coefficient (Wildman–Crippen LogP) is 2.00. The van der Waals surface area contributed by atoms with E-state index in [-0.39, 0.29) is 13.2 Å². The third-order valence-corrected chi connectivity index (χ3v) is 3.27. The lowest BCUT2D eigenvalue weighted by Crippen LogP contribution is -2.42. The molecule has 1 rings (SSSR count). The molecule has 1 aliphatic rings. The number of alkyl halides is 3. The summed E-state index contributed by atoms with van der Waals surface area (Å²) in [5.41, 5.74) is -0.417. The third kappa shape index (κ3) is 4.93. The minimum absolute atomic E-state index is 0.0840. The maximum absolute atomic E-state index is 11.9. The molecule has 0 atom stereocenters. The van der Waals surface area contributed by atoms with Crippen LogP contribution in [0.25, 0.3) is 0 Å². The van der Waals surface area contributed by atoms with Gasteiger partial charge in [-0.25, -0.2) is 0 Å². The summed E-state index contributed by atoms with van der Waals surface area (Å²) >= 11 is 0. The first kappa shape index (κ1) is 14.3. The van der Waals surface area contributed by atoms with Gasteiger partial charge >= 0.3 is 6.18 Å². The number of carbonyl (C=O) groups is 1. The third-order valence-electron chi connectivity index (χ3n) is 3.27. The first-order valence-corrected chi connectivity index (χ1v) is 5.81. The number of aliphatic hydroxyl groups excluding tert-OH is 1. The highest BCUT2D eigenvalue weighted by Gasteiger charge is 2.34. The fraction of sp³-hybridized carbons (Fsp3) is 0.909. The Morgan fingerprint density at radius 2 is 1.82 bits per heavy atom. The molecular formula is C11H18F3NO2. The number of aliphatic hydroxyl groups is 1. The molecule has 1 fully saturated rings. The predicted molar refractivity (Wildman–Crippen MR) is 56.3 cm³/mol. The monoisotopic (exact) mass is 253 g/mol. The van der Waals surface area contributed by atoms with E-state index in [2.05, 4.69) is 5.32 Å². The lowest BCUT2D eigenvalue weighted by Gasteiger charge is -2.35. The van der Waals surface area contributed by atoms with Gasteiger partial charge in [-0.15, -0.1) is 0 Å². The van der Waals surface area contributed by atoms with Crippen molar-refractivity contribution in [2.24, 2.45) is 5.41 Å². The highest BCUT2D eigenvalue weighted by atomic mass is 19.4. The second-order valence-electron chi connectivity index (χ2n) is 4.79. The molecule has 0 unspecified atom stereocenters. The topological polar surface area (TPSA) is 49.3 Å². The van der Waals surface area contributed by atoms with Gasteiger partial charge in [-0.2, -0.15) is 13.2 Å². The Labute approximate surface area is 98.4 Å². The van der Waals surface area contributed by atoms with Gasteiger partial charge in [0.25, 0.3) is 0 Å². The summed E-state index contributed by atoms with van der Waals surface area (Å²) < 4.78 is 35.8. The van der Waals surface area contributed by atoms with E-state index in [9.17, 15) is 23.1 Å². The maximum Gasteiger partial charge on any atom is 0.397 e. The number of hydrogen-bond donors (Lipinski definition) is 2. The summed E-state index contributed by atoms with van der Waals surface area (Å²) in [6, 6.07) is 0. The van der Waals surface area contributed by atoms with Crippen molar-refractivity contribution in [2.45, 2.75) is 44.7 Å². The summed E-state index contributed by atoms with van der Waals surface area (Å²) in [5.74, 6) is -1.02. The van der Waals surface area contributed by atoms with Gasteiger partial charge in [0.05, 0.1) is 6.61 Å². The van der Waals surface area contributed by atoms with Crippen LogP contribution in [0.15, 0.2) is 0 Å². The van der Waals surface area contributed by atoms with E-state index >= 15 is 0 Å². The van der Waals surface area contributed by atoms with Crippen LogP contribution in [0.5, 0.6) is 0 Å². The van der Waals surface area contributed by atoms with Crippen LogP contribution in [0.2, 0.25) is 0 Å². The Kier molecular flexibility index (Phi) is 4.80. The highest BCUT2D eigenvalue weighted by molar-refractivity contribution is 5.76. The van der Waals surface area contributed by atoms with Gasteiger partial charge in [-0.1, -0.05) is 19.3 Å². The first-order valence-electron chi connectivity index (χ1n) is 5.81. The van der Waals surface area contributed by atoms with E-state index in [0.29, 0.717) is 0 Å². The largest absolute Gasteiger partial charge is 0.397 e. The molecule has 0 aliphatic heterocycles. The molecule has 0 heterocycles. The average Bonchev–Trinajstić information content (AvgIpc) is 2.25. The van der Waals surface area contributed by atoms with E-state index in [1.54, 1.807) is 0 Å². The molecule has 1 amide bonds. The normalized spacial score (nSPS) is 20.0. The first-order chi connectivity index (χ1) is 7.87. The van der Waals surface area contributed by atoms with Crippen LogP contribution in [-0.2, 0) is 4.79 Å². The minimum atomic E-state index is -4.47. The lowest BCUT2D eigenvalue weighted by molar-refractivity contribution is -0.154. The van der Waals surface area contributed by atoms with Crippen LogP contribution in [0.4, 0.5) is 13.2 Å². The Morgan fingerprint density at radius 3 is 2.29 bits per heavy atom. The standard InChI is InChI=1S/C11H18F3NO2/c12-11(13,14)6-9(17)15-7-10(8-16)4-2-1-3-5-10/h16H,1-8H2,(H,15,17). The molecule has 17 heavy (non-hydrogen) atoms. The molecule has 1 saturated carbocycles. The molecule has 0 bridgehead atoms. The maximum atomic E-state index is 11.9. The smallest absolute Gasteiger partial charge is 0.396 e. The number of hydrogen-bond acceptors (Lipinski definition) is 2. The molecular weight excluding hydrogens is 235 g/mol. The summed E-state index contributed by atoms with van der Waals surface area (Å²) in [7, 11) is 0. The number of carbonyl (C=O) groups excluding carboxylic acids is 1. The number of rotatable bonds is 4. The Morgan fingerprint density at radius 1 is 1.24 bits per heavy atom. The van der Waals surface area contributed by atoms with Crippen molar-refractivity contribution in [1.82, 2.24) is 5.32 Å². The molecule has 6 heteroatoms.